The number of nitrogens with zero attached hydrogens (tertiary/aromatic N) is 3. The Morgan fingerprint density at radius 2 is 2.08 bits per heavy atom. The summed E-state index contributed by atoms with van der Waals surface area (Å²) in [5.41, 5.74) is -0.846. The Labute approximate surface area is 139 Å². The van der Waals surface area contributed by atoms with Crippen molar-refractivity contribution < 1.29 is 23.8 Å². The third-order valence-electron chi connectivity index (χ3n) is 4.17. The quantitative estimate of drug-likeness (QED) is 0.898. The molecule has 2 aromatic rings. The topological polar surface area (TPSA) is 97.9 Å². The van der Waals surface area contributed by atoms with Crippen LogP contribution in [-0.2, 0) is 5.60 Å². The zero-order valence-electron chi connectivity index (χ0n) is 13.6. The Hall–Kier alpha value is -2.61. The van der Waals surface area contributed by atoms with Crippen LogP contribution in [0.2, 0.25) is 0 Å². The molecule has 1 aliphatic heterocycles. The van der Waals surface area contributed by atoms with E-state index in [1.807, 2.05) is 0 Å². The van der Waals surface area contributed by atoms with Gasteiger partial charge in [-0.25, -0.2) is 4.98 Å². The van der Waals surface area contributed by atoms with Crippen LogP contribution in [0, 0.1) is 0 Å². The zero-order valence-corrected chi connectivity index (χ0v) is 13.6. The van der Waals surface area contributed by atoms with Gasteiger partial charge in [-0.15, -0.1) is 0 Å². The maximum atomic E-state index is 12.3. The van der Waals surface area contributed by atoms with Gasteiger partial charge in [0.25, 0.3) is 5.91 Å². The number of carbonyl (C=O) groups excluding carboxylic acids is 1. The summed E-state index contributed by atoms with van der Waals surface area (Å²) in [6.45, 7) is 0.764. The highest BCUT2D eigenvalue weighted by molar-refractivity contribution is 5.91. The number of hydrogen-bond acceptors (Lipinski definition) is 7. The molecule has 128 valence electrons. The maximum Gasteiger partial charge on any atom is 0.289 e. The van der Waals surface area contributed by atoms with Crippen LogP contribution >= 0.6 is 0 Å². The number of aromatic nitrogens is 2. The highest BCUT2D eigenvalue weighted by atomic mass is 16.5. The summed E-state index contributed by atoms with van der Waals surface area (Å²) >= 11 is 0. The van der Waals surface area contributed by atoms with E-state index >= 15 is 0 Å². The average Bonchev–Trinajstić information content (AvgIpc) is 3.15. The Bertz CT molecular complexity index is 709. The van der Waals surface area contributed by atoms with Crippen molar-refractivity contribution in [2.45, 2.75) is 18.4 Å². The molecule has 0 aliphatic carbocycles. The van der Waals surface area contributed by atoms with Crippen LogP contribution in [0.3, 0.4) is 0 Å². The summed E-state index contributed by atoms with van der Waals surface area (Å²) in [6, 6.07) is 3.30. The summed E-state index contributed by atoms with van der Waals surface area (Å²) in [5.74, 6) is 0.643. The minimum atomic E-state index is -1.20. The fourth-order valence-electron chi connectivity index (χ4n) is 2.79. The number of furan rings is 1. The van der Waals surface area contributed by atoms with Crippen LogP contribution in [-0.4, -0.2) is 53.2 Å². The first-order valence-electron chi connectivity index (χ1n) is 7.58. The maximum absolute atomic E-state index is 12.3. The molecule has 0 aromatic carbocycles. The van der Waals surface area contributed by atoms with E-state index in [0.29, 0.717) is 43.3 Å². The van der Waals surface area contributed by atoms with Crippen molar-refractivity contribution >= 4 is 5.91 Å². The van der Waals surface area contributed by atoms with Crippen LogP contribution in [0.1, 0.15) is 29.1 Å². The van der Waals surface area contributed by atoms with E-state index in [2.05, 4.69) is 9.97 Å². The first-order chi connectivity index (χ1) is 11.6. The van der Waals surface area contributed by atoms with Crippen molar-refractivity contribution in [3.05, 3.63) is 36.0 Å². The van der Waals surface area contributed by atoms with Gasteiger partial charge in [0, 0.05) is 13.1 Å². The van der Waals surface area contributed by atoms with Gasteiger partial charge in [-0.3, -0.25) is 4.79 Å². The molecule has 1 N–H and O–H groups in total. The van der Waals surface area contributed by atoms with Crippen molar-refractivity contribution in [2.24, 2.45) is 0 Å². The molecule has 0 unspecified atom stereocenters. The fourth-order valence-corrected chi connectivity index (χ4v) is 2.79. The third kappa shape index (κ3) is 2.92. The van der Waals surface area contributed by atoms with Gasteiger partial charge in [0.1, 0.15) is 11.3 Å². The number of rotatable bonds is 4. The molecule has 8 nitrogen and oxygen atoms in total. The van der Waals surface area contributed by atoms with E-state index in [9.17, 15) is 9.90 Å². The predicted octanol–water partition coefficient (Wildman–Crippen LogP) is 1.21. The number of carbonyl (C=O) groups is 1. The molecule has 0 atom stereocenters. The number of likely N-dealkylation sites (tertiary alicyclic amines) is 1. The number of amides is 1. The minimum Gasteiger partial charge on any atom is -0.480 e. The molecule has 0 bridgehead atoms. The SMILES string of the molecule is COc1cnc(C2(O)CCN(C(=O)c3ccco3)CC2)c(OC)n1. The molecule has 1 amide bonds. The van der Waals surface area contributed by atoms with Crippen molar-refractivity contribution in [3.63, 3.8) is 0 Å². The minimum absolute atomic E-state index is 0.185. The molecule has 1 aliphatic rings. The van der Waals surface area contributed by atoms with Gasteiger partial charge >= 0.3 is 0 Å². The average molecular weight is 333 g/mol. The van der Waals surface area contributed by atoms with E-state index < -0.39 is 5.60 Å². The standard InChI is InChI=1S/C16H19N3O5/c1-22-12-10-17-13(14(18-12)23-2)16(21)5-7-19(8-6-16)15(20)11-4-3-9-24-11/h3-4,9-10,21H,5-8H2,1-2H3. The van der Waals surface area contributed by atoms with Crippen LogP contribution in [0.4, 0.5) is 0 Å². The first kappa shape index (κ1) is 16.3. The monoisotopic (exact) mass is 333 g/mol. The molecule has 3 heterocycles. The summed E-state index contributed by atoms with van der Waals surface area (Å²) in [5, 5.41) is 11.0. The van der Waals surface area contributed by atoms with Crippen LogP contribution < -0.4 is 9.47 Å². The van der Waals surface area contributed by atoms with Gasteiger partial charge in [0.2, 0.25) is 11.8 Å². The Kier molecular flexibility index (Phi) is 4.39. The summed E-state index contributed by atoms with van der Waals surface area (Å²) in [6.07, 6.45) is 3.56. The van der Waals surface area contributed by atoms with Crippen molar-refractivity contribution in [1.82, 2.24) is 14.9 Å². The zero-order chi connectivity index (χ0) is 17.2. The molecular weight excluding hydrogens is 314 g/mol. The van der Waals surface area contributed by atoms with Gasteiger partial charge in [-0.05, 0) is 25.0 Å². The summed E-state index contributed by atoms with van der Waals surface area (Å²) in [4.78, 5) is 22.4. The second-order valence-corrected chi connectivity index (χ2v) is 5.57. The molecule has 1 fully saturated rings. The Balaban J connectivity index is 1.76. The molecule has 0 saturated carbocycles. The van der Waals surface area contributed by atoms with Crippen molar-refractivity contribution in [1.29, 1.82) is 0 Å². The highest BCUT2D eigenvalue weighted by Crippen LogP contribution is 2.36. The predicted molar refractivity (Wildman–Crippen MR) is 82.9 cm³/mol. The molecule has 0 spiro atoms. The van der Waals surface area contributed by atoms with E-state index in [1.165, 1.54) is 26.7 Å². The van der Waals surface area contributed by atoms with E-state index in [-0.39, 0.29) is 11.8 Å². The Morgan fingerprint density at radius 1 is 1.33 bits per heavy atom. The molecule has 2 aromatic heterocycles. The lowest BCUT2D eigenvalue weighted by Gasteiger charge is -2.37. The summed E-state index contributed by atoms with van der Waals surface area (Å²) in [7, 11) is 2.95. The molecule has 0 radical (unpaired) electrons. The Morgan fingerprint density at radius 3 is 2.67 bits per heavy atom. The van der Waals surface area contributed by atoms with E-state index in [1.54, 1.807) is 17.0 Å². The van der Waals surface area contributed by atoms with Gasteiger partial charge in [-0.1, -0.05) is 0 Å². The molecule has 24 heavy (non-hydrogen) atoms. The second-order valence-electron chi connectivity index (χ2n) is 5.57. The van der Waals surface area contributed by atoms with Crippen LogP contribution in [0.25, 0.3) is 0 Å². The van der Waals surface area contributed by atoms with Gasteiger partial charge in [0.15, 0.2) is 5.76 Å². The van der Waals surface area contributed by atoms with Crippen LogP contribution in [0.5, 0.6) is 11.8 Å². The number of piperidine rings is 1. The smallest absolute Gasteiger partial charge is 0.289 e. The molecule has 3 rings (SSSR count). The second kappa shape index (κ2) is 6.48. The highest BCUT2D eigenvalue weighted by Gasteiger charge is 2.40. The summed E-state index contributed by atoms with van der Waals surface area (Å²) < 4.78 is 15.4. The van der Waals surface area contributed by atoms with Gasteiger partial charge in [0.05, 0.1) is 26.7 Å². The van der Waals surface area contributed by atoms with Gasteiger partial charge in [-0.2, -0.15) is 4.98 Å². The largest absolute Gasteiger partial charge is 0.480 e. The number of hydrogen-bond donors (Lipinski definition) is 1. The number of ether oxygens (including phenoxy) is 2. The third-order valence-corrected chi connectivity index (χ3v) is 4.17. The van der Waals surface area contributed by atoms with Crippen molar-refractivity contribution in [3.8, 4) is 11.8 Å². The lowest BCUT2D eigenvalue weighted by molar-refractivity contribution is -0.0271. The van der Waals surface area contributed by atoms with Crippen LogP contribution in [0.15, 0.2) is 29.0 Å². The molecule has 8 heteroatoms. The number of aliphatic hydroxyl groups is 1. The van der Waals surface area contributed by atoms with E-state index in [4.69, 9.17) is 13.9 Å². The van der Waals surface area contributed by atoms with Crippen molar-refractivity contribution in [2.75, 3.05) is 27.3 Å². The molecular formula is C16H19N3O5. The normalized spacial score (nSPS) is 16.7. The molecule has 1 saturated heterocycles. The lowest BCUT2D eigenvalue weighted by atomic mass is 9.88. The fraction of sp³-hybridized carbons (Fsp3) is 0.438. The van der Waals surface area contributed by atoms with Gasteiger partial charge < -0.3 is 23.9 Å². The first-order valence-corrected chi connectivity index (χ1v) is 7.58. The lowest BCUT2D eigenvalue weighted by Crippen LogP contribution is -2.45. The van der Waals surface area contributed by atoms with E-state index in [0.717, 1.165) is 0 Å². The number of methoxy groups -OCH3 is 2.